The highest BCUT2D eigenvalue weighted by molar-refractivity contribution is 5.21. The van der Waals surface area contributed by atoms with Gasteiger partial charge in [-0.3, -0.25) is 0 Å². The summed E-state index contributed by atoms with van der Waals surface area (Å²) in [4.78, 5) is 0. The molecule has 2 unspecified atom stereocenters. The van der Waals surface area contributed by atoms with Crippen LogP contribution in [0.1, 0.15) is 45.7 Å². The first-order valence-corrected chi connectivity index (χ1v) is 6.62. The van der Waals surface area contributed by atoms with Crippen LogP contribution in [0, 0.1) is 17.6 Å². The number of hydrogen-bond acceptors (Lipinski definition) is 2. The molecule has 0 saturated carbocycles. The van der Waals surface area contributed by atoms with Crippen molar-refractivity contribution in [2.75, 3.05) is 6.54 Å². The molecule has 0 bridgehead atoms. The zero-order valence-corrected chi connectivity index (χ0v) is 12.0. The van der Waals surface area contributed by atoms with Crippen molar-refractivity contribution in [3.63, 3.8) is 0 Å². The summed E-state index contributed by atoms with van der Waals surface area (Å²) in [6, 6.07) is 3.27. The molecule has 1 rings (SSSR count). The Hall–Kier alpha value is -1.00. The number of hydrogen-bond donors (Lipinski definition) is 2. The van der Waals surface area contributed by atoms with Gasteiger partial charge in [0.1, 0.15) is 11.6 Å². The third kappa shape index (κ3) is 5.25. The Morgan fingerprint density at radius 3 is 2.42 bits per heavy atom. The number of nitrogens with one attached hydrogen (secondary N) is 1. The van der Waals surface area contributed by atoms with E-state index in [1.165, 1.54) is 12.1 Å². The molecule has 0 aliphatic carbocycles. The minimum absolute atomic E-state index is 0.278. The van der Waals surface area contributed by atoms with Gasteiger partial charge in [0.15, 0.2) is 0 Å². The SMILES string of the molecule is CC(C)CC(C)(O)CNC(C)c1ccc(F)cc1F. The zero-order chi connectivity index (χ0) is 14.6. The van der Waals surface area contributed by atoms with Crippen LogP contribution in [-0.4, -0.2) is 17.3 Å². The number of rotatable bonds is 6. The van der Waals surface area contributed by atoms with Crippen LogP contribution in [0.5, 0.6) is 0 Å². The molecule has 0 aliphatic heterocycles. The molecule has 2 nitrogen and oxygen atoms in total. The Kier molecular flexibility index (Phi) is 5.44. The molecule has 0 aromatic heterocycles. The van der Waals surface area contributed by atoms with Crippen molar-refractivity contribution in [1.82, 2.24) is 5.32 Å². The van der Waals surface area contributed by atoms with E-state index in [2.05, 4.69) is 5.32 Å². The summed E-state index contributed by atoms with van der Waals surface area (Å²) in [6.07, 6.45) is 0.665. The molecule has 1 aromatic carbocycles. The van der Waals surface area contributed by atoms with Crippen LogP contribution in [0.15, 0.2) is 18.2 Å². The second kappa shape index (κ2) is 6.44. The first-order chi connectivity index (χ1) is 8.71. The molecule has 19 heavy (non-hydrogen) atoms. The lowest BCUT2D eigenvalue weighted by Gasteiger charge is -2.28. The largest absolute Gasteiger partial charge is 0.389 e. The minimum Gasteiger partial charge on any atom is -0.389 e. The van der Waals surface area contributed by atoms with Crippen LogP contribution in [-0.2, 0) is 0 Å². The van der Waals surface area contributed by atoms with E-state index in [0.717, 1.165) is 6.07 Å². The summed E-state index contributed by atoms with van der Waals surface area (Å²) < 4.78 is 26.4. The lowest BCUT2D eigenvalue weighted by molar-refractivity contribution is 0.0362. The summed E-state index contributed by atoms with van der Waals surface area (Å²) in [6.45, 7) is 7.99. The summed E-state index contributed by atoms with van der Waals surface area (Å²) >= 11 is 0. The van der Waals surface area contributed by atoms with Gasteiger partial charge in [0, 0.05) is 24.2 Å². The van der Waals surface area contributed by atoms with Gasteiger partial charge in [0.05, 0.1) is 5.60 Å². The predicted molar refractivity (Wildman–Crippen MR) is 72.9 cm³/mol. The van der Waals surface area contributed by atoms with Gasteiger partial charge in [-0.05, 0) is 32.3 Å². The van der Waals surface area contributed by atoms with Crippen molar-refractivity contribution in [2.45, 2.75) is 45.8 Å². The minimum atomic E-state index is -0.834. The van der Waals surface area contributed by atoms with Crippen LogP contribution < -0.4 is 5.32 Å². The second-order valence-corrected chi connectivity index (χ2v) is 5.86. The third-order valence-corrected chi connectivity index (χ3v) is 3.07. The topological polar surface area (TPSA) is 32.3 Å². The van der Waals surface area contributed by atoms with Crippen LogP contribution in [0.25, 0.3) is 0 Å². The van der Waals surface area contributed by atoms with Gasteiger partial charge in [0.25, 0.3) is 0 Å². The maximum absolute atomic E-state index is 13.6. The van der Waals surface area contributed by atoms with Crippen molar-refractivity contribution in [3.05, 3.63) is 35.4 Å². The Balaban J connectivity index is 2.62. The van der Waals surface area contributed by atoms with Gasteiger partial charge >= 0.3 is 0 Å². The molecule has 4 heteroatoms. The molecule has 108 valence electrons. The highest BCUT2D eigenvalue weighted by atomic mass is 19.1. The van der Waals surface area contributed by atoms with Crippen LogP contribution in [0.3, 0.4) is 0 Å². The Labute approximate surface area is 113 Å². The molecule has 0 fully saturated rings. The van der Waals surface area contributed by atoms with Gasteiger partial charge in [-0.25, -0.2) is 8.78 Å². The molecular formula is C15H23F2NO. The Morgan fingerprint density at radius 2 is 1.89 bits per heavy atom. The van der Waals surface area contributed by atoms with E-state index in [4.69, 9.17) is 0 Å². The molecule has 0 heterocycles. The molecule has 2 N–H and O–H groups in total. The van der Waals surface area contributed by atoms with E-state index in [1.54, 1.807) is 13.8 Å². The van der Waals surface area contributed by atoms with E-state index in [-0.39, 0.29) is 6.04 Å². The lowest BCUT2D eigenvalue weighted by Crippen LogP contribution is -2.40. The first-order valence-electron chi connectivity index (χ1n) is 6.62. The number of halogens is 2. The van der Waals surface area contributed by atoms with E-state index < -0.39 is 17.2 Å². The van der Waals surface area contributed by atoms with Gasteiger partial charge in [0.2, 0.25) is 0 Å². The van der Waals surface area contributed by atoms with Crippen molar-refractivity contribution < 1.29 is 13.9 Å². The monoisotopic (exact) mass is 271 g/mol. The fraction of sp³-hybridized carbons (Fsp3) is 0.600. The average molecular weight is 271 g/mol. The first kappa shape index (κ1) is 16.1. The van der Waals surface area contributed by atoms with Crippen LogP contribution in [0.2, 0.25) is 0 Å². The smallest absolute Gasteiger partial charge is 0.130 e. The van der Waals surface area contributed by atoms with Gasteiger partial charge in [-0.15, -0.1) is 0 Å². The molecule has 0 saturated heterocycles. The van der Waals surface area contributed by atoms with Gasteiger partial charge in [-0.2, -0.15) is 0 Å². The van der Waals surface area contributed by atoms with Crippen LogP contribution >= 0.6 is 0 Å². The van der Waals surface area contributed by atoms with E-state index >= 15 is 0 Å². The standard InChI is InChI=1S/C15H23F2NO/c1-10(2)8-15(4,19)9-18-11(3)13-6-5-12(16)7-14(13)17/h5-7,10-11,18-19H,8-9H2,1-4H3. The molecule has 0 radical (unpaired) electrons. The average Bonchev–Trinajstić information content (AvgIpc) is 2.24. The maximum atomic E-state index is 13.6. The molecule has 2 atom stereocenters. The molecule has 0 spiro atoms. The Morgan fingerprint density at radius 1 is 1.26 bits per heavy atom. The zero-order valence-electron chi connectivity index (χ0n) is 12.0. The fourth-order valence-electron chi connectivity index (χ4n) is 2.29. The van der Waals surface area contributed by atoms with E-state index in [0.29, 0.717) is 24.4 Å². The van der Waals surface area contributed by atoms with Gasteiger partial charge in [-0.1, -0.05) is 19.9 Å². The molecule has 0 aliphatic rings. The fourth-order valence-corrected chi connectivity index (χ4v) is 2.29. The predicted octanol–water partition coefficient (Wildman–Crippen LogP) is 3.41. The second-order valence-electron chi connectivity index (χ2n) is 5.86. The normalized spacial score (nSPS) is 16.4. The quantitative estimate of drug-likeness (QED) is 0.831. The summed E-state index contributed by atoms with van der Waals surface area (Å²) in [5.74, 6) is -0.765. The lowest BCUT2D eigenvalue weighted by atomic mass is 9.94. The summed E-state index contributed by atoms with van der Waals surface area (Å²) in [5.41, 5.74) is -0.430. The van der Waals surface area contributed by atoms with Crippen molar-refractivity contribution in [3.8, 4) is 0 Å². The third-order valence-electron chi connectivity index (χ3n) is 3.07. The molecule has 1 aromatic rings. The van der Waals surface area contributed by atoms with E-state index in [1.807, 2.05) is 13.8 Å². The number of benzene rings is 1. The van der Waals surface area contributed by atoms with Crippen molar-refractivity contribution in [2.24, 2.45) is 5.92 Å². The van der Waals surface area contributed by atoms with Gasteiger partial charge < -0.3 is 10.4 Å². The molecular weight excluding hydrogens is 248 g/mol. The van der Waals surface area contributed by atoms with Crippen LogP contribution in [0.4, 0.5) is 8.78 Å². The highest BCUT2D eigenvalue weighted by Gasteiger charge is 2.23. The summed E-state index contributed by atoms with van der Waals surface area (Å²) in [7, 11) is 0. The Bertz CT molecular complexity index is 419. The van der Waals surface area contributed by atoms with Crippen molar-refractivity contribution >= 4 is 0 Å². The highest BCUT2D eigenvalue weighted by Crippen LogP contribution is 2.20. The summed E-state index contributed by atoms with van der Waals surface area (Å²) in [5, 5.41) is 13.3. The van der Waals surface area contributed by atoms with Crippen molar-refractivity contribution in [1.29, 1.82) is 0 Å². The van der Waals surface area contributed by atoms with E-state index in [9.17, 15) is 13.9 Å². The maximum Gasteiger partial charge on any atom is 0.130 e. The molecule has 0 amide bonds. The number of aliphatic hydroxyl groups is 1.